The van der Waals surface area contributed by atoms with Gasteiger partial charge < -0.3 is 25.5 Å². The first kappa shape index (κ1) is 17.5. The number of benzene rings is 1. The number of amides is 4. The number of nitrogens with one attached hydrogen (secondary N) is 3. The minimum absolute atomic E-state index is 0.123. The third-order valence-electron chi connectivity index (χ3n) is 4.07. The highest BCUT2D eigenvalue weighted by Gasteiger charge is 2.23. The summed E-state index contributed by atoms with van der Waals surface area (Å²) < 4.78 is 0. The molecule has 0 unspecified atom stereocenters. The van der Waals surface area contributed by atoms with E-state index in [-0.39, 0.29) is 38.0 Å². The molecule has 3 rings (SSSR count). The maximum Gasteiger partial charge on any atom is 0.407 e. The number of nitrogens with zero attached hydrogens (tertiary/aromatic N) is 4. The third-order valence-corrected chi connectivity index (χ3v) is 4.07. The van der Waals surface area contributed by atoms with Crippen LogP contribution < -0.4 is 10.6 Å². The van der Waals surface area contributed by atoms with E-state index in [9.17, 15) is 14.4 Å². The van der Waals surface area contributed by atoms with Gasteiger partial charge in [0.15, 0.2) is 0 Å². The Labute approximate surface area is 148 Å². The zero-order valence-electron chi connectivity index (χ0n) is 13.9. The molecule has 138 valence electrons. The molecule has 1 fully saturated rings. The van der Waals surface area contributed by atoms with Gasteiger partial charge in [-0.25, -0.2) is 9.59 Å². The molecule has 2 aromatic rings. The predicted molar refractivity (Wildman–Crippen MR) is 91.7 cm³/mol. The summed E-state index contributed by atoms with van der Waals surface area (Å²) in [6.45, 7) is 1.43. The van der Waals surface area contributed by atoms with Crippen molar-refractivity contribution in [3.05, 3.63) is 18.2 Å². The van der Waals surface area contributed by atoms with Gasteiger partial charge in [0.25, 0.3) is 0 Å². The van der Waals surface area contributed by atoms with Crippen molar-refractivity contribution < 1.29 is 19.5 Å². The van der Waals surface area contributed by atoms with Crippen LogP contribution in [0.3, 0.4) is 0 Å². The number of aromatic amines is 1. The summed E-state index contributed by atoms with van der Waals surface area (Å²) in [4.78, 5) is 37.6. The van der Waals surface area contributed by atoms with Gasteiger partial charge in [-0.15, -0.1) is 0 Å². The van der Waals surface area contributed by atoms with Crippen molar-refractivity contribution >= 4 is 34.8 Å². The molecule has 11 heteroatoms. The minimum Gasteiger partial charge on any atom is -0.465 e. The largest absolute Gasteiger partial charge is 0.465 e. The number of hydrogen-bond donors (Lipinski definition) is 4. The highest BCUT2D eigenvalue weighted by Crippen LogP contribution is 2.14. The van der Waals surface area contributed by atoms with Gasteiger partial charge >= 0.3 is 12.1 Å². The van der Waals surface area contributed by atoms with Crippen molar-refractivity contribution in [1.29, 1.82) is 0 Å². The van der Waals surface area contributed by atoms with Crippen LogP contribution in [0.4, 0.5) is 15.3 Å². The number of carbonyl (C=O) groups excluding carboxylic acids is 2. The normalized spacial score (nSPS) is 14.3. The summed E-state index contributed by atoms with van der Waals surface area (Å²) in [5.74, 6) is -0.233. The van der Waals surface area contributed by atoms with Crippen molar-refractivity contribution in [1.82, 2.24) is 30.5 Å². The molecule has 4 N–H and O–H groups in total. The van der Waals surface area contributed by atoms with E-state index < -0.39 is 6.09 Å². The lowest BCUT2D eigenvalue weighted by molar-refractivity contribution is -0.116. The van der Waals surface area contributed by atoms with Gasteiger partial charge in [-0.1, -0.05) is 0 Å². The van der Waals surface area contributed by atoms with E-state index in [1.807, 2.05) is 0 Å². The van der Waals surface area contributed by atoms with Gasteiger partial charge in [0, 0.05) is 44.8 Å². The van der Waals surface area contributed by atoms with Crippen molar-refractivity contribution in [2.45, 2.75) is 6.42 Å². The number of carbonyl (C=O) groups is 3. The molecule has 4 amide bonds. The van der Waals surface area contributed by atoms with Crippen LogP contribution in [0, 0.1) is 0 Å². The topological polar surface area (TPSA) is 144 Å². The Morgan fingerprint density at radius 3 is 2.50 bits per heavy atom. The Morgan fingerprint density at radius 1 is 1.08 bits per heavy atom. The van der Waals surface area contributed by atoms with Crippen LogP contribution in [-0.2, 0) is 4.79 Å². The zero-order chi connectivity index (χ0) is 18.5. The molecule has 11 nitrogen and oxygen atoms in total. The molecule has 1 aromatic heterocycles. The summed E-state index contributed by atoms with van der Waals surface area (Å²) >= 11 is 0. The molecule has 0 aliphatic carbocycles. The highest BCUT2D eigenvalue weighted by molar-refractivity contribution is 5.93. The lowest BCUT2D eigenvalue weighted by Gasteiger charge is -2.33. The molecule has 0 bridgehead atoms. The average molecular weight is 361 g/mol. The van der Waals surface area contributed by atoms with Gasteiger partial charge in [-0.05, 0) is 18.2 Å². The highest BCUT2D eigenvalue weighted by atomic mass is 16.4. The van der Waals surface area contributed by atoms with Gasteiger partial charge in [-0.3, -0.25) is 4.79 Å². The van der Waals surface area contributed by atoms with Crippen molar-refractivity contribution in [2.24, 2.45) is 0 Å². The van der Waals surface area contributed by atoms with E-state index in [0.717, 1.165) is 0 Å². The fraction of sp³-hybridized carbons (Fsp3) is 0.400. The molecular weight excluding hydrogens is 342 g/mol. The fourth-order valence-electron chi connectivity index (χ4n) is 2.64. The van der Waals surface area contributed by atoms with E-state index in [1.54, 1.807) is 18.2 Å². The molecule has 26 heavy (non-hydrogen) atoms. The van der Waals surface area contributed by atoms with Crippen LogP contribution >= 0.6 is 0 Å². The van der Waals surface area contributed by atoms with Crippen LogP contribution in [0.15, 0.2) is 18.2 Å². The van der Waals surface area contributed by atoms with Crippen LogP contribution in [-0.4, -0.2) is 81.1 Å². The monoisotopic (exact) mass is 361 g/mol. The van der Waals surface area contributed by atoms with Crippen LogP contribution in [0.5, 0.6) is 0 Å². The second kappa shape index (κ2) is 7.68. The van der Waals surface area contributed by atoms with E-state index >= 15 is 0 Å². The predicted octanol–water partition coefficient (Wildman–Crippen LogP) is 0.292. The second-order valence-electron chi connectivity index (χ2n) is 5.81. The quantitative estimate of drug-likeness (QED) is 0.616. The molecule has 0 atom stereocenters. The number of piperazine rings is 1. The Balaban J connectivity index is 1.39. The number of rotatable bonds is 4. The summed E-state index contributed by atoms with van der Waals surface area (Å²) in [5.41, 5.74) is 1.96. The Bertz CT molecular complexity index is 813. The number of carboxylic acid groups (broad SMARTS) is 1. The fourth-order valence-corrected chi connectivity index (χ4v) is 2.64. The van der Waals surface area contributed by atoms with E-state index in [0.29, 0.717) is 29.8 Å². The lowest BCUT2D eigenvalue weighted by atomic mass is 10.2. The average Bonchev–Trinajstić information content (AvgIpc) is 3.09. The van der Waals surface area contributed by atoms with Crippen molar-refractivity contribution in [3.8, 4) is 0 Å². The number of urea groups is 1. The number of H-pyrrole nitrogens is 1. The van der Waals surface area contributed by atoms with Gasteiger partial charge in [0.1, 0.15) is 11.0 Å². The number of aromatic nitrogens is 3. The summed E-state index contributed by atoms with van der Waals surface area (Å²) in [5, 5.41) is 24.7. The zero-order valence-corrected chi connectivity index (χ0v) is 13.9. The lowest BCUT2D eigenvalue weighted by Crippen LogP contribution is -2.53. The van der Waals surface area contributed by atoms with Gasteiger partial charge in [0.2, 0.25) is 5.91 Å². The standard InChI is InChI=1S/C15H19N7O4/c23-13(17-10-1-2-11-12(9-10)19-20-18-11)3-4-16-14(24)21-5-7-22(8-6-21)15(25)26/h1-2,9H,3-8H2,(H,16,24)(H,17,23)(H,25,26)(H,18,19,20). The number of anilines is 1. The molecule has 0 spiro atoms. The molecular formula is C15H19N7O4. The smallest absolute Gasteiger partial charge is 0.407 e. The van der Waals surface area contributed by atoms with Crippen LogP contribution in [0.25, 0.3) is 11.0 Å². The minimum atomic E-state index is -0.981. The van der Waals surface area contributed by atoms with Crippen molar-refractivity contribution in [3.63, 3.8) is 0 Å². The maximum atomic E-state index is 12.0. The van der Waals surface area contributed by atoms with Gasteiger partial charge in [0.05, 0.1) is 0 Å². The van der Waals surface area contributed by atoms with Crippen molar-refractivity contribution in [2.75, 3.05) is 38.0 Å². The first-order chi connectivity index (χ1) is 12.5. The second-order valence-corrected chi connectivity index (χ2v) is 5.81. The Morgan fingerprint density at radius 2 is 1.77 bits per heavy atom. The Kier molecular flexibility index (Phi) is 5.15. The molecule has 1 aliphatic heterocycles. The number of hydrogen-bond acceptors (Lipinski definition) is 5. The molecule has 0 saturated carbocycles. The van der Waals surface area contributed by atoms with E-state index in [1.165, 1.54) is 9.80 Å². The van der Waals surface area contributed by atoms with Gasteiger partial charge in [-0.2, -0.15) is 15.4 Å². The third kappa shape index (κ3) is 4.18. The number of fused-ring (bicyclic) bond motifs is 1. The maximum absolute atomic E-state index is 12.0. The SMILES string of the molecule is O=C(CCNC(=O)N1CCN(C(=O)O)CC1)Nc1ccc2n[nH]nc2c1. The summed E-state index contributed by atoms with van der Waals surface area (Å²) in [7, 11) is 0. The first-order valence-corrected chi connectivity index (χ1v) is 8.14. The molecule has 2 heterocycles. The Hall–Kier alpha value is -3.37. The van der Waals surface area contributed by atoms with E-state index in [2.05, 4.69) is 26.0 Å². The summed E-state index contributed by atoms with van der Waals surface area (Å²) in [6, 6.07) is 4.87. The van der Waals surface area contributed by atoms with Crippen LogP contribution in [0.1, 0.15) is 6.42 Å². The molecule has 1 saturated heterocycles. The molecule has 0 radical (unpaired) electrons. The molecule has 1 aliphatic rings. The van der Waals surface area contributed by atoms with E-state index in [4.69, 9.17) is 5.11 Å². The van der Waals surface area contributed by atoms with Crippen LogP contribution in [0.2, 0.25) is 0 Å². The summed E-state index contributed by atoms with van der Waals surface area (Å²) in [6.07, 6.45) is -0.858. The molecule has 1 aromatic carbocycles. The first-order valence-electron chi connectivity index (χ1n) is 8.14.